The largest absolute Gasteiger partial charge is 0.319 e. The van der Waals surface area contributed by atoms with Crippen molar-refractivity contribution in [3.63, 3.8) is 0 Å². The molecule has 0 spiro atoms. The quantitative estimate of drug-likeness (QED) is 0.764. The molecule has 0 saturated heterocycles. The molecule has 0 heterocycles. The SMILES string of the molecule is CNCCC=Cc1cccc(C#N)c1F. The van der Waals surface area contributed by atoms with Gasteiger partial charge in [-0.2, -0.15) is 5.26 Å². The Kier molecular flexibility index (Phi) is 4.52. The summed E-state index contributed by atoms with van der Waals surface area (Å²) in [4.78, 5) is 0. The van der Waals surface area contributed by atoms with Gasteiger partial charge in [0, 0.05) is 5.56 Å². The van der Waals surface area contributed by atoms with Crippen LogP contribution in [0.3, 0.4) is 0 Å². The maximum Gasteiger partial charge on any atom is 0.148 e. The zero-order chi connectivity index (χ0) is 11.1. The Balaban J connectivity index is 2.78. The second kappa shape index (κ2) is 5.94. The van der Waals surface area contributed by atoms with E-state index < -0.39 is 5.82 Å². The van der Waals surface area contributed by atoms with Gasteiger partial charge in [-0.15, -0.1) is 0 Å². The van der Waals surface area contributed by atoms with Gasteiger partial charge in [0.1, 0.15) is 11.9 Å². The van der Waals surface area contributed by atoms with Crippen LogP contribution in [0.2, 0.25) is 0 Å². The van der Waals surface area contributed by atoms with Crippen LogP contribution in [0.4, 0.5) is 4.39 Å². The molecule has 0 aliphatic carbocycles. The van der Waals surface area contributed by atoms with Crippen molar-refractivity contribution in [1.29, 1.82) is 5.26 Å². The molecule has 1 aromatic carbocycles. The molecule has 0 aliphatic heterocycles. The monoisotopic (exact) mass is 204 g/mol. The van der Waals surface area contributed by atoms with Gasteiger partial charge in [-0.05, 0) is 26.1 Å². The summed E-state index contributed by atoms with van der Waals surface area (Å²) in [7, 11) is 1.87. The van der Waals surface area contributed by atoms with Crippen LogP contribution in [0, 0.1) is 17.1 Å². The fourth-order valence-electron chi connectivity index (χ4n) is 1.20. The molecule has 0 aliphatic rings. The summed E-state index contributed by atoms with van der Waals surface area (Å²) >= 11 is 0. The molecule has 0 radical (unpaired) electrons. The lowest BCUT2D eigenvalue weighted by Crippen LogP contribution is -2.05. The average molecular weight is 204 g/mol. The first-order valence-corrected chi connectivity index (χ1v) is 4.79. The molecule has 1 rings (SSSR count). The maximum atomic E-state index is 13.5. The van der Waals surface area contributed by atoms with E-state index in [1.807, 2.05) is 19.2 Å². The third kappa shape index (κ3) is 3.19. The first-order chi connectivity index (χ1) is 7.29. The molecule has 15 heavy (non-hydrogen) atoms. The Morgan fingerprint density at radius 1 is 1.53 bits per heavy atom. The van der Waals surface area contributed by atoms with Crippen molar-refractivity contribution in [3.8, 4) is 6.07 Å². The number of halogens is 1. The fourth-order valence-corrected chi connectivity index (χ4v) is 1.20. The van der Waals surface area contributed by atoms with Crippen LogP contribution in [0.25, 0.3) is 6.08 Å². The van der Waals surface area contributed by atoms with Gasteiger partial charge < -0.3 is 5.32 Å². The van der Waals surface area contributed by atoms with E-state index in [0.717, 1.165) is 13.0 Å². The van der Waals surface area contributed by atoms with E-state index in [-0.39, 0.29) is 5.56 Å². The molecule has 2 nitrogen and oxygen atoms in total. The highest BCUT2D eigenvalue weighted by Gasteiger charge is 2.03. The van der Waals surface area contributed by atoms with Gasteiger partial charge in [-0.1, -0.05) is 24.3 Å². The highest BCUT2D eigenvalue weighted by molar-refractivity contribution is 5.53. The second-order valence-corrected chi connectivity index (χ2v) is 3.12. The van der Waals surface area contributed by atoms with Crippen molar-refractivity contribution in [2.75, 3.05) is 13.6 Å². The second-order valence-electron chi connectivity index (χ2n) is 3.12. The standard InChI is InChI=1S/C12H13FN2/c1-15-8-3-2-5-10-6-4-7-11(9-14)12(10)13/h2,4-7,15H,3,8H2,1H3. The van der Waals surface area contributed by atoms with Gasteiger partial charge in [0.25, 0.3) is 0 Å². The van der Waals surface area contributed by atoms with Crippen LogP contribution in [0.15, 0.2) is 24.3 Å². The Labute approximate surface area is 89.0 Å². The molecule has 0 atom stereocenters. The smallest absolute Gasteiger partial charge is 0.148 e. The van der Waals surface area contributed by atoms with E-state index >= 15 is 0 Å². The molecule has 78 valence electrons. The molecular weight excluding hydrogens is 191 g/mol. The first kappa shape index (κ1) is 11.4. The van der Waals surface area contributed by atoms with Crippen LogP contribution in [-0.2, 0) is 0 Å². The van der Waals surface area contributed by atoms with Crippen molar-refractivity contribution in [3.05, 3.63) is 41.2 Å². The highest BCUT2D eigenvalue weighted by atomic mass is 19.1. The predicted molar refractivity (Wildman–Crippen MR) is 58.7 cm³/mol. The molecule has 0 aromatic heterocycles. The lowest BCUT2D eigenvalue weighted by molar-refractivity contribution is 0.621. The number of nitrogens with zero attached hydrogens (tertiary/aromatic N) is 1. The summed E-state index contributed by atoms with van der Waals surface area (Å²) in [6, 6.07) is 6.63. The lowest BCUT2D eigenvalue weighted by atomic mass is 10.1. The number of rotatable bonds is 4. The Morgan fingerprint density at radius 2 is 2.33 bits per heavy atom. The summed E-state index contributed by atoms with van der Waals surface area (Å²) in [5, 5.41) is 11.6. The van der Waals surface area contributed by atoms with Crippen molar-refractivity contribution >= 4 is 6.08 Å². The molecule has 3 heteroatoms. The van der Waals surface area contributed by atoms with Gasteiger partial charge in [-0.25, -0.2) is 4.39 Å². The topological polar surface area (TPSA) is 35.8 Å². The van der Waals surface area contributed by atoms with E-state index in [0.29, 0.717) is 5.56 Å². The zero-order valence-electron chi connectivity index (χ0n) is 8.63. The minimum absolute atomic E-state index is 0.0887. The van der Waals surface area contributed by atoms with E-state index in [1.54, 1.807) is 18.2 Å². The summed E-state index contributed by atoms with van der Waals surface area (Å²) in [5.74, 6) is -0.444. The van der Waals surface area contributed by atoms with Crippen LogP contribution in [0.1, 0.15) is 17.5 Å². The van der Waals surface area contributed by atoms with Crippen molar-refractivity contribution in [2.45, 2.75) is 6.42 Å². The third-order valence-corrected chi connectivity index (χ3v) is 2.01. The van der Waals surface area contributed by atoms with Crippen LogP contribution >= 0.6 is 0 Å². The first-order valence-electron chi connectivity index (χ1n) is 4.79. The van der Waals surface area contributed by atoms with Crippen molar-refractivity contribution in [1.82, 2.24) is 5.32 Å². The van der Waals surface area contributed by atoms with Gasteiger partial charge in [0.15, 0.2) is 0 Å². The Morgan fingerprint density at radius 3 is 3.00 bits per heavy atom. The minimum atomic E-state index is -0.444. The molecule has 0 bridgehead atoms. The highest BCUT2D eigenvalue weighted by Crippen LogP contribution is 2.13. The van der Waals surface area contributed by atoms with E-state index in [4.69, 9.17) is 5.26 Å². The molecule has 0 saturated carbocycles. The van der Waals surface area contributed by atoms with Crippen molar-refractivity contribution < 1.29 is 4.39 Å². The van der Waals surface area contributed by atoms with Gasteiger partial charge in [-0.3, -0.25) is 0 Å². The number of hydrogen-bond acceptors (Lipinski definition) is 2. The van der Waals surface area contributed by atoms with Crippen LogP contribution < -0.4 is 5.32 Å². The molecule has 0 fully saturated rings. The van der Waals surface area contributed by atoms with Crippen LogP contribution in [0.5, 0.6) is 0 Å². The summed E-state index contributed by atoms with van der Waals surface area (Å²) < 4.78 is 13.5. The minimum Gasteiger partial charge on any atom is -0.319 e. The van der Waals surface area contributed by atoms with Crippen molar-refractivity contribution in [2.24, 2.45) is 0 Å². The number of benzene rings is 1. The van der Waals surface area contributed by atoms with Gasteiger partial charge in [0.2, 0.25) is 0 Å². The number of hydrogen-bond donors (Lipinski definition) is 1. The summed E-state index contributed by atoms with van der Waals surface area (Å²) in [6.45, 7) is 0.857. The zero-order valence-corrected chi connectivity index (χ0v) is 8.63. The average Bonchev–Trinajstić information content (AvgIpc) is 2.26. The van der Waals surface area contributed by atoms with E-state index in [1.165, 1.54) is 6.07 Å². The summed E-state index contributed by atoms with van der Waals surface area (Å²) in [6.07, 6.45) is 4.43. The predicted octanol–water partition coefficient (Wildman–Crippen LogP) is 2.32. The van der Waals surface area contributed by atoms with Crippen LogP contribution in [-0.4, -0.2) is 13.6 Å². The molecular formula is C12H13FN2. The molecule has 1 N–H and O–H groups in total. The molecule has 0 unspecified atom stereocenters. The van der Waals surface area contributed by atoms with Gasteiger partial charge >= 0.3 is 0 Å². The Hall–Kier alpha value is -1.66. The van der Waals surface area contributed by atoms with Gasteiger partial charge in [0.05, 0.1) is 5.56 Å². The maximum absolute atomic E-state index is 13.5. The number of nitriles is 1. The Bertz CT molecular complexity index is 391. The molecule has 1 aromatic rings. The summed E-state index contributed by atoms with van der Waals surface area (Å²) in [5.41, 5.74) is 0.552. The lowest BCUT2D eigenvalue weighted by Gasteiger charge is -1.98. The third-order valence-electron chi connectivity index (χ3n) is 2.01. The van der Waals surface area contributed by atoms with E-state index in [9.17, 15) is 4.39 Å². The molecule has 0 amide bonds. The normalized spacial score (nSPS) is 10.5. The van der Waals surface area contributed by atoms with E-state index in [2.05, 4.69) is 5.32 Å². The number of nitrogens with one attached hydrogen (secondary N) is 1. The fraction of sp³-hybridized carbons (Fsp3) is 0.250.